The number of ether oxygens (including phenoxy) is 2. The van der Waals surface area contributed by atoms with Crippen molar-refractivity contribution in [3.63, 3.8) is 0 Å². The van der Waals surface area contributed by atoms with E-state index >= 15 is 0 Å². The third-order valence-corrected chi connectivity index (χ3v) is 2.43. The van der Waals surface area contributed by atoms with Crippen LogP contribution in [0.5, 0.6) is 0 Å². The van der Waals surface area contributed by atoms with Gasteiger partial charge in [-0.2, -0.15) is 0 Å². The summed E-state index contributed by atoms with van der Waals surface area (Å²) < 4.78 is 10.8. The van der Waals surface area contributed by atoms with Crippen LogP contribution < -0.4 is 5.32 Å². The fourth-order valence-corrected chi connectivity index (χ4v) is 1.55. The van der Waals surface area contributed by atoms with Crippen LogP contribution in [0, 0.1) is 0 Å². The molecule has 1 rings (SSSR count). The van der Waals surface area contributed by atoms with E-state index < -0.39 is 29.8 Å². The largest absolute Gasteiger partial charge is 0.357 e. The molecule has 1 saturated heterocycles. The summed E-state index contributed by atoms with van der Waals surface area (Å²) in [5, 5.41) is 3.44. The molecule has 1 heterocycles. The molecule has 0 bridgehead atoms. The number of rotatable bonds is 3. The van der Waals surface area contributed by atoms with E-state index in [1.807, 2.05) is 0 Å². The first-order valence-corrected chi connectivity index (χ1v) is 5.21. The molecule has 1 aliphatic rings. The Bertz CT molecular complexity index is 318. The number of nitrogens with one attached hydrogen (secondary N) is 1. The van der Waals surface area contributed by atoms with Crippen molar-refractivity contribution in [1.29, 1.82) is 0 Å². The van der Waals surface area contributed by atoms with Gasteiger partial charge >= 0.3 is 0 Å². The van der Waals surface area contributed by atoms with Crippen molar-refractivity contribution in [2.24, 2.45) is 0 Å². The molecule has 17 heavy (non-hydrogen) atoms. The molecule has 7 nitrogen and oxygen atoms in total. The Hall–Kier alpha value is -1.18. The van der Waals surface area contributed by atoms with Crippen molar-refractivity contribution in [3.8, 4) is 0 Å². The van der Waals surface area contributed by atoms with Crippen LogP contribution in [-0.2, 0) is 23.9 Å². The SMILES string of the molecule is CNC(=O)[C@@H]1OC(C)(C)O[C@H]1C(=O)N(C)OC. The zero-order valence-corrected chi connectivity index (χ0v) is 10.6. The topological polar surface area (TPSA) is 77.1 Å². The monoisotopic (exact) mass is 246 g/mol. The molecule has 0 unspecified atom stereocenters. The molecule has 1 aliphatic heterocycles. The molecule has 0 radical (unpaired) electrons. The van der Waals surface area contributed by atoms with Crippen molar-refractivity contribution >= 4 is 11.8 Å². The Kier molecular flexibility index (Phi) is 4.07. The molecule has 0 aromatic heterocycles. The van der Waals surface area contributed by atoms with Gasteiger partial charge in [0.2, 0.25) is 0 Å². The Balaban J connectivity index is 2.88. The first-order chi connectivity index (χ1) is 7.82. The number of amides is 2. The molecule has 0 aromatic rings. The van der Waals surface area contributed by atoms with Crippen LogP contribution in [0.2, 0.25) is 0 Å². The van der Waals surface area contributed by atoms with E-state index in [0.717, 1.165) is 5.06 Å². The molecule has 2 amide bonds. The van der Waals surface area contributed by atoms with E-state index in [2.05, 4.69) is 5.32 Å². The summed E-state index contributed by atoms with van der Waals surface area (Å²) in [4.78, 5) is 28.3. The number of likely N-dealkylation sites (N-methyl/N-ethyl adjacent to an activating group) is 2. The predicted molar refractivity (Wildman–Crippen MR) is 57.7 cm³/mol. The normalized spacial score (nSPS) is 26.6. The highest BCUT2D eigenvalue weighted by molar-refractivity contribution is 5.91. The smallest absolute Gasteiger partial charge is 0.278 e. The predicted octanol–water partition coefficient (Wildman–Crippen LogP) is -0.728. The minimum Gasteiger partial charge on any atom is -0.357 e. The Morgan fingerprint density at radius 3 is 2.29 bits per heavy atom. The van der Waals surface area contributed by atoms with Crippen LogP contribution in [0.3, 0.4) is 0 Å². The molecule has 1 fully saturated rings. The maximum absolute atomic E-state index is 11.9. The third-order valence-electron chi connectivity index (χ3n) is 2.43. The summed E-state index contributed by atoms with van der Waals surface area (Å²) in [6.45, 7) is 3.28. The second-order valence-corrected chi connectivity index (χ2v) is 4.11. The number of hydrogen-bond donors (Lipinski definition) is 1. The fourth-order valence-electron chi connectivity index (χ4n) is 1.55. The van der Waals surface area contributed by atoms with E-state index in [1.54, 1.807) is 13.8 Å². The molecule has 1 N–H and O–H groups in total. The number of carbonyl (C=O) groups excluding carboxylic acids is 2. The lowest BCUT2D eigenvalue weighted by molar-refractivity contribution is -0.187. The molecule has 2 atom stereocenters. The third kappa shape index (κ3) is 2.93. The molecule has 7 heteroatoms. The zero-order valence-electron chi connectivity index (χ0n) is 10.6. The van der Waals surface area contributed by atoms with Gasteiger partial charge in [-0.05, 0) is 13.8 Å². The number of hydrogen-bond acceptors (Lipinski definition) is 5. The summed E-state index contributed by atoms with van der Waals surface area (Å²) in [6, 6.07) is 0. The van der Waals surface area contributed by atoms with Crippen LogP contribution in [-0.4, -0.2) is 56.1 Å². The van der Waals surface area contributed by atoms with E-state index in [1.165, 1.54) is 21.2 Å². The minimum atomic E-state index is -1.00. The van der Waals surface area contributed by atoms with Gasteiger partial charge in [-0.15, -0.1) is 0 Å². The van der Waals surface area contributed by atoms with Crippen molar-refractivity contribution in [2.45, 2.75) is 31.8 Å². The fraction of sp³-hybridized carbons (Fsp3) is 0.800. The first-order valence-electron chi connectivity index (χ1n) is 5.21. The van der Waals surface area contributed by atoms with Crippen LogP contribution in [0.25, 0.3) is 0 Å². The molecule has 0 aromatic carbocycles. The van der Waals surface area contributed by atoms with Crippen LogP contribution >= 0.6 is 0 Å². The Morgan fingerprint density at radius 2 is 1.82 bits per heavy atom. The van der Waals surface area contributed by atoms with E-state index in [9.17, 15) is 9.59 Å². The highest BCUT2D eigenvalue weighted by Gasteiger charge is 2.49. The standard InChI is InChI=1S/C10H18N2O5/c1-10(2)16-6(8(13)11-3)7(17-10)9(14)12(4)15-5/h6-7H,1-5H3,(H,11,13)/t6-,7-/m1/s1. The molecular formula is C10H18N2O5. The molecule has 0 saturated carbocycles. The first kappa shape index (κ1) is 13.9. The Labute approximate surface area is 99.9 Å². The van der Waals surface area contributed by atoms with E-state index in [0.29, 0.717) is 0 Å². The summed E-state index contributed by atoms with van der Waals surface area (Å²) in [5.41, 5.74) is 0. The summed E-state index contributed by atoms with van der Waals surface area (Å²) in [6.07, 6.45) is -1.98. The van der Waals surface area contributed by atoms with Crippen LogP contribution in [0.15, 0.2) is 0 Å². The molecule has 98 valence electrons. The number of hydroxylamine groups is 2. The van der Waals surface area contributed by atoms with Gasteiger partial charge in [0.1, 0.15) is 0 Å². The van der Waals surface area contributed by atoms with Gasteiger partial charge in [-0.3, -0.25) is 14.4 Å². The van der Waals surface area contributed by atoms with E-state index in [-0.39, 0.29) is 0 Å². The minimum absolute atomic E-state index is 0.404. The van der Waals surface area contributed by atoms with Gasteiger partial charge in [0, 0.05) is 14.1 Å². The maximum atomic E-state index is 11.9. The van der Waals surface area contributed by atoms with Gasteiger partial charge in [-0.1, -0.05) is 0 Å². The second-order valence-electron chi connectivity index (χ2n) is 4.11. The van der Waals surface area contributed by atoms with E-state index in [4.69, 9.17) is 14.3 Å². The maximum Gasteiger partial charge on any atom is 0.278 e. The molecule has 0 aliphatic carbocycles. The highest BCUT2D eigenvalue weighted by atomic mass is 16.8. The molecule has 0 spiro atoms. The average molecular weight is 246 g/mol. The van der Waals surface area contributed by atoms with Crippen molar-refractivity contribution in [1.82, 2.24) is 10.4 Å². The summed E-state index contributed by atoms with van der Waals surface area (Å²) >= 11 is 0. The Morgan fingerprint density at radius 1 is 1.29 bits per heavy atom. The lowest BCUT2D eigenvalue weighted by Crippen LogP contribution is -2.47. The van der Waals surface area contributed by atoms with Gasteiger partial charge in [0.15, 0.2) is 18.0 Å². The lowest BCUT2D eigenvalue weighted by atomic mass is 10.2. The van der Waals surface area contributed by atoms with Gasteiger partial charge in [0.05, 0.1) is 7.11 Å². The van der Waals surface area contributed by atoms with Gasteiger partial charge in [-0.25, -0.2) is 5.06 Å². The van der Waals surface area contributed by atoms with Gasteiger partial charge < -0.3 is 14.8 Å². The number of carbonyl (C=O) groups is 2. The van der Waals surface area contributed by atoms with Crippen molar-refractivity contribution < 1.29 is 23.9 Å². The highest BCUT2D eigenvalue weighted by Crippen LogP contribution is 2.29. The summed E-state index contributed by atoms with van der Waals surface area (Å²) in [5.74, 6) is -1.85. The second kappa shape index (κ2) is 4.99. The molecular weight excluding hydrogens is 228 g/mol. The van der Waals surface area contributed by atoms with Crippen LogP contribution in [0.4, 0.5) is 0 Å². The van der Waals surface area contributed by atoms with Crippen LogP contribution in [0.1, 0.15) is 13.8 Å². The van der Waals surface area contributed by atoms with Crippen molar-refractivity contribution in [3.05, 3.63) is 0 Å². The zero-order chi connectivity index (χ0) is 13.2. The summed E-state index contributed by atoms with van der Waals surface area (Å²) in [7, 11) is 4.27. The van der Waals surface area contributed by atoms with Gasteiger partial charge in [0.25, 0.3) is 11.8 Å². The van der Waals surface area contributed by atoms with Crippen molar-refractivity contribution in [2.75, 3.05) is 21.2 Å². The quantitative estimate of drug-likeness (QED) is 0.664. The number of nitrogens with zero attached hydrogens (tertiary/aromatic N) is 1. The lowest BCUT2D eigenvalue weighted by Gasteiger charge is -2.20. The average Bonchev–Trinajstić information content (AvgIpc) is 2.62.